The minimum absolute atomic E-state index is 0.0358. The third kappa shape index (κ3) is 5.60. The van der Waals surface area contributed by atoms with Gasteiger partial charge in [0, 0.05) is 43.1 Å². The zero-order chi connectivity index (χ0) is 20.8. The summed E-state index contributed by atoms with van der Waals surface area (Å²) < 4.78 is 5.50. The highest BCUT2D eigenvalue weighted by Crippen LogP contribution is 2.26. The second kappa shape index (κ2) is 9.92. The summed E-state index contributed by atoms with van der Waals surface area (Å²) in [5, 5.41) is 4.07. The molecule has 2 N–H and O–H groups in total. The number of H-pyrrole nitrogens is 1. The van der Waals surface area contributed by atoms with Gasteiger partial charge in [-0.25, -0.2) is 0 Å². The number of piperidine rings is 1. The molecule has 1 aliphatic rings. The summed E-state index contributed by atoms with van der Waals surface area (Å²) in [5.41, 5.74) is 1.62. The van der Waals surface area contributed by atoms with E-state index in [2.05, 4.69) is 10.3 Å². The van der Waals surface area contributed by atoms with Gasteiger partial charge >= 0.3 is 0 Å². The molecule has 1 aromatic heterocycles. The van der Waals surface area contributed by atoms with Crippen LogP contribution in [0.4, 0.5) is 0 Å². The molecule has 0 aliphatic carbocycles. The topological polar surface area (TPSA) is 74.4 Å². The van der Waals surface area contributed by atoms with E-state index in [1.807, 2.05) is 56.0 Å². The number of carbonyl (C=O) groups is 2. The van der Waals surface area contributed by atoms with Crippen molar-refractivity contribution in [1.82, 2.24) is 15.2 Å². The van der Waals surface area contributed by atoms with Gasteiger partial charge in [-0.1, -0.05) is 25.1 Å². The maximum absolute atomic E-state index is 12.8. The number of amides is 2. The summed E-state index contributed by atoms with van der Waals surface area (Å²) in [7, 11) is 0. The molecule has 1 saturated heterocycles. The van der Waals surface area contributed by atoms with Crippen LogP contribution in [0.25, 0.3) is 10.9 Å². The van der Waals surface area contributed by atoms with Gasteiger partial charge in [0.1, 0.15) is 5.69 Å². The Bertz CT molecular complexity index is 789. The number of nitrogens with one attached hydrogen (secondary N) is 2. The van der Waals surface area contributed by atoms with Gasteiger partial charge in [-0.15, -0.1) is 0 Å². The number of para-hydroxylation sites is 1. The van der Waals surface area contributed by atoms with Crippen molar-refractivity contribution in [1.29, 1.82) is 0 Å². The Kier molecular flexibility index (Phi) is 7.31. The molecule has 1 atom stereocenters. The number of hydrogen-bond acceptors (Lipinski definition) is 3. The van der Waals surface area contributed by atoms with Crippen molar-refractivity contribution < 1.29 is 14.3 Å². The summed E-state index contributed by atoms with van der Waals surface area (Å²) in [5.74, 6) is 0.428. The molecule has 6 heteroatoms. The number of likely N-dealkylation sites (tertiary alicyclic amines) is 1. The number of nitrogens with zero attached hydrogens (tertiary/aromatic N) is 1. The lowest BCUT2D eigenvalue weighted by Gasteiger charge is -2.34. The number of aromatic amines is 1. The van der Waals surface area contributed by atoms with E-state index < -0.39 is 0 Å². The summed E-state index contributed by atoms with van der Waals surface area (Å²) in [4.78, 5) is 30.4. The summed E-state index contributed by atoms with van der Waals surface area (Å²) in [6, 6.07) is 9.84. The molecule has 0 spiro atoms. The molecule has 3 rings (SSSR count). The fourth-order valence-corrected chi connectivity index (χ4v) is 3.94. The number of hydrogen-bond donors (Lipinski definition) is 2. The normalized spacial score (nSPS) is 16.3. The van der Waals surface area contributed by atoms with E-state index in [-0.39, 0.29) is 23.8 Å². The van der Waals surface area contributed by atoms with Crippen molar-refractivity contribution in [3.8, 4) is 0 Å². The van der Waals surface area contributed by atoms with Crippen molar-refractivity contribution >= 4 is 22.7 Å². The fraction of sp³-hybridized carbons (Fsp3) is 0.565. The van der Waals surface area contributed by atoms with E-state index >= 15 is 0 Å². The van der Waals surface area contributed by atoms with Gasteiger partial charge in [0.2, 0.25) is 5.91 Å². The van der Waals surface area contributed by atoms with E-state index in [1.165, 1.54) is 0 Å². The zero-order valence-corrected chi connectivity index (χ0v) is 17.7. The van der Waals surface area contributed by atoms with Crippen molar-refractivity contribution in [2.45, 2.75) is 46.1 Å². The number of aromatic nitrogens is 1. The quantitative estimate of drug-likeness (QED) is 0.666. The SMILES string of the molecule is CC(C)OCCCNC(=O)C(C)C1CCN(C(=O)c2cc3ccccc3[nH]2)CC1. The minimum Gasteiger partial charge on any atom is -0.379 e. The first kappa shape index (κ1) is 21.4. The zero-order valence-electron chi connectivity index (χ0n) is 17.7. The van der Waals surface area contributed by atoms with Crippen LogP contribution in [0.5, 0.6) is 0 Å². The standard InChI is InChI=1S/C23H33N3O3/c1-16(2)29-14-6-11-24-22(27)17(3)18-9-12-26(13-10-18)23(28)21-15-19-7-4-5-8-20(19)25-21/h4-5,7-8,15-18,25H,6,9-14H2,1-3H3,(H,24,27). The summed E-state index contributed by atoms with van der Waals surface area (Å²) in [6.45, 7) is 8.72. The molecular formula is C23H33N3O3. The Balaban J connectivity index is 1.44. The van der Waals surface area contributed by atoms with Crippen LogP contribution in [-0.4, -0.2) is 54.0 Å². The minimum atomic E-state index is -0.0358. The summed E-state index contributed by atoms with van der Waals surface area (Å²) in [6.07, 6.45) is 2.77. The highest BCUT2D eigenvalue weighted by molar-refractivity contribution is 5.98. The van der Waals surface area contributed by atoms with Crippen molar-refractivity contribution in [3.05, 3.63) is 36.0 Å². The van der Waals surface area contributed by atoms with Gasteiger partial charge in [0.05, 0.1) is 6.10 Å². The first-order chi connectivity index (χ1) is 14.0. The molecule has 1 unspecified atom stereocenters. The molecular weight excluding hydrogens is 366 g/mol. The highest BCUT2D eigenvalue weighted by Gasteiger charge is 2.30. The Hall–Kier alpha value is -2.34. The molecule has 2 heterocycles. The predicted molar refractivity (Wildman–Crippen MR) is 115 cm³/mol. The van der Waals surface area contributed by atoms with Gasteiger partial charge in [-0.3, -0.25) is 9.59 Å². The molecule has 29 heavy (non-hydrogen) atoms. The molecule has 1 aliphatic heterocycles. The van der Waals surface area contributed by atoms with Crippen LogP contribution in [0.1, 0.15) is 50.5 Å². The lowest BCUT2D eigenvalue weighted by Crippen LogP contribution is -2.43. The Morgan fingerprint density at radius 1 is 1.21 bits per heavy atom. The number of fused-ring (bicyclic) bond motifs is 1. The van der Waals surface area contributed by atoms with E-state index in [4.69, 9.17) is 4.74 Å². The van der Waals surface area contributed by atoms with Crippen molar-refractivity contribution in [3.63, 3.8) is 0 Å². The maximum Gasteiger partial charge on any atom is 0.270 e. The van der Waals surface area contributed by atoms with Crippen LogP contribution in [0.3, 0.4) is 0 Å². The average Bonchev–Trinajstić information content (AvgIpc) is 3.16. The first-order valence-corrected chi connectivity index (χ1v) is 10.7. The Morgan fingerprint density at radius 2 is 1.93 bits per heavy atom. The second-order valence-electron chi connectivity index (χ2n) is 8.25. The first-order valence-electron chi connectivity index (χ1n) is 10.7. The lowest BCUT2D eigenvalue weighted by molar-refractivity contribution is -0.126. The maximum atomic E-state index is 12.8. The number of rotatable bonds is 8. The highest BCUT2D eigenvalue weighted by atomic mass is 16.5. The van der Waals surface area contributed by atoms with Gasteiger partial charge < -0.3 is 19.9 Å². The van der Waals surface area contributed by atoms with Gasteiger partial charge in [0.15, 0.2) is 0 Å². The van der Waals surface area contributed by atoms with Gasteiger partial charge in [-0.2, -0.15) is 0 Å². The smallest absolute Gasteiger partial charge is 0.270 e. The molecule has 2 aromatic rings. The predicted octanol–water partition coefficient (Wildman–Crippen LogP) is 3.59. The van der Waals surface area contributed by atoms with Crippen LogP contribution >= 0.6 is 0 Å². The number of ether oxygens (including phenoxy) is 1. The fourth-order valence-electron chi connectivity index (χ4n) is 3.94. The Morgan fingerprint density at radius 3 is 2.62 bits per heavy atom. The van der Waals surface area contributed by atoms with E-state index in [0.29, 0.717) is 37.9 Å². The molecule has 158 valence electrons. The molecule has 0 radical (unpaired) electrons. The second-order valence-corrected chi connectivity index (χ2v) is 8.25. The van der Waals surface area contributed by atoms with Crippen LogP contribution in [-0.2, 0) is 9.53 Å². The summed E-state index contributed by atoms with van der Waals surface area (Å²) >= 11 is 0. The van der Waals surface area contributed by atoms with Gasteiger partial charge in [-0.05, 0) is 51.2 Å². The molecule has 1 aromatic carbocycles. The Labute approximate surface area is 173 Å². The lowest BCUT2D eigenvalue weighted by atomic mass is 9.84. The van der Waals surface area contributed by atoms with Gasteiger partial charge in [0.25, 0.3) is 5.91 Å². The van der Waals surface area contributed by atoms with E-state index in [0.717, 1.165) is 30.2 Å². The molecule has 6 nitrogen and oxygen atoms in total. The molecule has 0 saturated carbocycles. The van der Waals surface area contributed by atoms with Crippen molar-refractivity contribution in [2.24, 2.45) is 11.8 Å². The van der Waals surface area contributed by atoms with Crippen molar-refractivity contribution in [2.75, 3.05) is 26.2 Å². The van der Waals surface area contributed by atoms with E-state index in [1.54, 1.807) is 0 Å². The molecule has 1 fully saturated rings. The van der Waals surface area contributed by atoms with E-state index in [9.17, 15) is 9.59 Å². The monoisotopic (exact) mass is 399 g/mol. The third-order valence-corrected chi connectivity index (χ3v) is 5.78. The van der Waals surface area contributed by atoms with Crippen LogP contribution in [0, 0.1) is 11.8 Å². The van der Waals surface area contributed by atoms with Crippen LogP contribution in [0.15, 0.2) is 30.3 Å². The molecule has 2 amide bonds. The largest absolute Gasteiger partial charge is 0.379 e. The third-order valence-electron chi connectivity index (χ3n) is 5.78. The number of carbonyl (C=O) groups excluding carboxylic acids is 2. The van der Waals surface area contributed by atoms with Crippen LogP contribution in [0.2, 0.25) is 0 Å². The average molecular weight is 400 g/mol. The van der Waals surface area contributed by atoms with Crippen LogP contribution < -0.4 is 5.32 Å². The molecule has 0 bridgehead atoms. The number of benzene rings is 1.